The van der Waals surface area contributed by atoms with Gasteiger partial charge in [0.05, 0.1) is 35.0 Å². The number of ether oxygens (including phenoxy) is 1. The Morgan fingerprint density at radius 1 is 0.762 bits per heavy atom. The summed E-state index contributed by atoms with van der Waals surface area (Å²) in [6, 6.07) is 17.1. The molecule has 5 heterocycles. The average molecular weight is 650 g/mol. The molecule has 2 fully saturated rings. The van der Waals surface area contributed by atoms with Gasteiger partial charge in [0.2, 0.25) is 0 Å². The molecular weight excluding hydrogens is 614 g/mol. The lowest BCUT2D eigenvalue weighted by Crippen LogP contribution is -2.21. The topological polar surface area (TPSA) is 90.7 Å². The van der Waals surface area contributed by atoms with E-state index in [0.29, 0.717) is 30.8 Å². The number of aromatic amines is 2. The molecule has 0 amide bonds. The molecular formula is C31H36Cl4N6O. The van der Waals surface area contributed by atoms with Crippen molar-refractivity contribution >= 4 is 71.4 Å². The van der Waals surface area contributed by atoms with E-state index in [-0.39, 0.29) is 49.6 Å². The molecule has 4 N–H and O–H groups in total. The monoisotopic (exact) mass is 648 g/mol. The average Bonchev–Trinajstić information content (AvgIpc) is 3.73. The molecule has 4 atom stereocenters. The molecule has 11 heteroatoms. The van der Waals surface area contributed by atoms with Crippen LogP contribution in [0.3, 0.4) is 0 Å². The van der Waals surface area contributed by atoms with Gasteiger partial charge in [-0.3, -0.25) is 0 Å². The van der Waals surface area contributed by atoms with E-state index in [2.05, 4.69) is 81.9 Å². The molecule has 2 aromatic heterocycles. The molecule has 0 aliphatic carbocycles. The standard InChI is InChI=1S/C31H32N6O.4ClH/c1-16-3-8-25(33-16)30-32-14-27(36-30)19-5-7-21-20(11-19)15-38-28-13-22-18(12-23(21)28)6-10-24-29(22)37-31(35-24)26-9-4-17(2)34-26;;;;/h5-7,10-14,16-17,25-26,33-34H,3-4,8-9,15H2,1-2H3,(H,32,36)(H,35,37);4*1H/t16-,17-,25-,26-;;;;/m0..../s1. The van der Waals surface area contributed by atoms with E-state index in [1.807, 2.05) is 6.20 Å². The molecule has 2 saturated heterocycles. The van der Waals surface area contributed by atoms with Gasteiger partial charge < -0.3 is 25.3 Å². The molecule has 0 unspecified atom stereocenters. The summed E-state index contributed by atoms with van der Waals surface area (Å²) in [6.07, 6.45) is 6.57. The highest BCUT2D eigenvalue weighted by molar-refractivity contribution is 6.07. The summed E-state index contributed by atoms with van der Waals surface area (Å²) in [6.45, 7) is 5.02. The maximum Gasteiger partial charge on any atom is 0.128 e. The SMILES string of the molecule is C[C@H]1CC[C@@H](c2ncc(-c3ccc4c(c3)COc3cc5c(ccc6[nH]c([C@@H]7CC[C@H](C)N7)nc65)cc3-4)[nH]2)N1.Cl.Cl.Cl.Cl. The van der Waals surface area contributed by atoms with Crippen molar-refractivity contribution in [2.24, 2.45) is 0 Å². The molecule has 3 aromatic carbocycles. The lowest BCUT2D eigenvalue weighted by atomic mass is 9.92. The van der Waals surface area contributed by atoms with Crippen molar-refractivity contribution in [2.75, 3.05) is 0 Å². The molecule has 3 aliphatic rings. The lowest BCUT2D eigenvalue weighted by molar-refractivity contribution is 0.303. The minimum atomic E-state index is 0. The molecule has 224 valence electrons. The fraction of sp³-hybridized carbons (Fsp3) is 0.355. The summed E-state index contributed by atoms with van der Waals surface area (Å²) in [5.74, 6) is 2.99. The minimum Gasteiger partial charge on any atom is -0.488 e. The van der Waals surface area contributed by atoms with Crippen LogP contribution in [0.15, 0.2) is 48.7 Å². The number of nitrogens with zero attached hydrogens (tertiary/aromatic N) is 2. The van der Waals surface area contributed by atoms with Gasteiger partial charge >= 0.3 is 0 Å². The second kappa shape index (κ2) is 12.6. The molecule has 0 saturated carbocycles. The van der Waals surface area contributed by atoms with Gasteiger partial charge in [0.25, 0.3) is 0 Å². The fourth-order valence-electron chi connectivity index (χ4n) is 6.58. The van der Waals surface area contributed by atoms with E-state index in [4.69, 9.17) is 9.72 Å². The molecule has 5 aromatic rings. The number of benzene rings is 3. The van der Waals surface area contributed by atoms with E-state index in [1.165, 1.54) is 29.4 Å². The molecule has 0 spiro atoms. The Kier molecular flexibility index (Phi) is 9.72. The van der Waals surface area contributed by atoms with Crippen LogP contribution in [0.1, 0.15) is 68.8 Å². The highest BCUT2D eigenvalue weighted by atomic mass is 35.5. The zero-order valence-electron chi connectivity index (χ0n) is 23.4. The highest BCUT2D eigenvalue weighted by Crippen LogP contribution is 2.43. The third kappa shape index (κ3) is 5.47. The summed E-state index contributed by atoms with van der Waals surface area (Å²) in [4.78, 5) is 16.8. The third-order valence-electron chi connectivity index (χ3n) is 8.68. The van der Waals surface area contributed by atoms with Crippen LogP contribution in [0.25, 0.3) is 44.2 Å². The fourth-order valence-corrected chi connectivity index (χ4v) is 6.58. The molecule has 0 radical (unpaired) electrons. The number of nitrogens with one attached hydrogen (secondary N) is 4. The molecule has 8 rings (SSSR count). The van der Waals surface area contributed by atoms with E-state index in [0.717, 1.165) is 63.5 Å². The Hall–Kier alpha value is -2.52. The zero-order valence-corrected chi connectivity index (χ0v) is 26.7. The predicted molar refractivity (Wildman–Crippen MR) is 179 cm³/mol. The Bertz CT molecular complexity index is 1720. The number of aromatic nitrogens is 4. The number of fused-ring (bicyclic) bond motifs is 6. The van der Waals surface area contributed by atoms with Gasteiger partial charge in [-0.1, -0.05) is 18.2 Å². The van der Waals surface area contributed by atoms with E-state index < -0.39 is 0 Å². The zero-order chi connectivity index (χ0) is 25.4. The van der Waals surface area contributed by atoms with Crippen molar-refractivity contribution in [2.45, 2.75) is 70.3 Å². The smallest absolute Gasteiger partial charge is 0.128 e. The van der Waals surface area contributed by atoms with Crippen molar-refractivity contribution in [1.82, 2.24) is 30.6 Å². The van der Waals surface area contributed by atoms with Crippen molar-refractivity contribution in [3.05, 3.63) is 65.9 Å². The largest absolute Gasteiger partial charge is 0.488 e. The van der Waals surface area contributed by atoms with Gasteiger partial charge in [0, 0.05) is 23.0 Å². The minimum absolute atomic E-state index is 0. The number of hydrogen-bond donors (Lipinski definition) is 4. The van der Waals surface area contributed by atoms with Gasteiger partial charge in [-0.2, -0.15) is 0 Å². The second-order valence-electron chi connectivity index (χ2n) is 11.4. The van der Waals surface area contributed by atoms with Crippen LogP contribution in [0.5, 0.6) is 5.75 Å². The molecule has 42 heavy (non-hydrogen) atoms. The van der Waals surface area contributed by atoms with Crippen molar-refractivity contribution < 1.29 is 4.74 Å². The molecule has 0 bridgehead atoms. The Morgan fingerprint density at radius 2 is 1.50 bits per heavy atom. The van der Waals surface area contributed by atoms with Crippen molar-refractivity contribution in [3.63, 3.8) is 0 Å². The molecule has 7 nitrogen and oxygen atoms in total. The van der Waals surface area contributed by atoms with Crippen LogP contribution < -0.4 is 15.4 Å². The predicted octanol–water partition coefficient (Wildman–Crippen LogP) is 7.98. The first kappa shape index (κ1) is 32.4. The highest BCUT2D eigenvalue weighted by Gasteiger charge is 2.26. The normalized spacial score (nSPS) is 22.2. The maximum atomic E-state index is 6.33. The van der Waals surface area contributed by atoms with E-state index in [1.54, 1.807) is 0 Å². The van der Waals surface area contributed by atoms with Crippen LogP contribution in [0, 0.1) is 0 Å². The number of H-pyrrole nitrogens is 2. The summed E-state index contributed by atoms with van der Waals surface area (Å²) in [7, 11) is 0. The number of hydrogen-bond acceptors (Lipinski definition) is 5. The number of rotatable bonds is 3. The Morgan fingerprint density at radius 3 is 2.21 bits per heavy atom. The first-order valence-corrected chi connectivity index (χ1v) is 13.9. The van der Waals surface area contributed by atoms with Gasteiger partial charge in [-0.05, 0) is 85.9 Å². The number of imidazole rings is 2. The number of halogens is 4. The molecule has 3 aliphatic heterocycles. The van der Waals surface area contributed by atoms with Gasteiger partial charge in [0.15, 0.2) is 0 Å². The van der Waals surface area contributed by atoms with Gasteiger partial charge in [-0.15, -0.1) is 49.6 Å². The first-order valence-electron chi connectivity index (χ1n) is 13.9. The summed E-state index contributed by atoms with van der Waals surface area (Å²) in [5.41, 5.74) is 7.86. The summed E-state index contributed by atoms with van der Waals surface area (Å²) < 4.78 is 6.33. The third-order valence-corrected chi connectivity index (χ3v) is 8.68. The Labute approximate surface area is 270 Å². The van der Waals surface area contributed by atoms with Crippen molar-refractivity contribution in [3.8, 4) is 28.1 Å². The van der Waals surface area contributed by atoms with Crippen LogP contribution in [0.4, 0.5) is 0 Å². The Balaban J connectivity index is 0.00000101. The maximum absolute atomic E-state index is 6.33. The van der Waals surface area contributed by atoms with Crippen LogP contribution in [0.2, 0.25) is 0 Å². The van der Waals surface area contributed by atoms with Crippen molar-refractivity contribution in [1.29, 1.82) is 0 Å². The lowest BCUT2D eigenvalue weighted by Gasteiger charge is -2.22. The van der Waals surface area contributed by atoms with Crippen LogP contribution in [-0.4, -0.2) is 32.0 Å². The summed E-state index contributed by atoms with van der Waals surface area (Å²) in [5, 5.41) is 9.57. The van der Waals surface area contributed by atoms with E-state index in [9.17, 15) is 0 Å². The first-order chi connectivity index (χ1) is 18.6. The van der Waals surface area contributed by atoms with E-state index >= 15 is 0 Å². The van der Waals surface area contributed by atoms with Crippen LogP contribution in [-0.2, 0) is 6.61 Å². The summed E-state index contributed by atoms with van der Waals surface area (Å²) >= 11 is 0. The quantitative estimate of drug-likeness (QED) is 0.159. The van der Waals surface area contributed by atoms with Gasteiger partial charge in [-0.25, -0.2) is 9.97 Å². The second-order valence-corrected chi connectivity index (χ2v) is 11.4. The van der Waals surface area contributed by atoms with Gasteiger partial charge in [0.1, 0.15) is 24.0 Å². The van der Waals surface area contributed by atoms with Crippen LogP contribution >= 0.6 is 49.6 Å².